The van der Waals surface area contributed by atoms with Gasteiger partial charge in [0.25, 0.3) is 0 Å². The first-order valence-corrected chi connectivity index (χ1v) is 7.74. The molecule has 2 heteroatoms. The molecule has 1 aromatic rings. The van der Waals surface area contributed by atoms with E-state index in [9.17, 15) is 5.11 Å². The van der Waals surface area contributed by atoms with Crippen LogP contribution in [-0.4, -0.2) is 16.7 Å². The highest BCUT2D eigenvalue weighted by Gasteiger charge is 2.47. The van der Waals surface area contributed by atoms with E-state index in [0.29, 0.717) is 5.92 Å². The second kappa shape index (κ2) is 5.16. The number of nitrogens with one attached hydrogen (secondary N) is 1. The van der Waals surface area contributed by atoms with Crippen LogP contribution in [0.3, 0.4) is 0 Å². The fourth-order valence-corrected chi connectivity index (χ4v) is 3.97. The Morgan fingerprint density at radius 3 is 2.58 bits per heavy atom. The lowest BCUT2D eigenvalue weighted by molar-refractivity contribution is -0.0835. The lowest BCUT2D eigenvalue weighted by Crippen LogP contribution is -2.56. The lowest BCUT2D eigenvalue weighted by atomic mass is 9.65. The number of hydrogen-bond acceptors (Lipinski definition) is 2. The number of aryl methyl sites for hydroxylation is 1. The summed E-state index contributed by atoms with van der Waals surface area (Å²) in [5.74, 6) is 0.512. The summed E-state index contributed by atoms with van der Waals surface area (Å²) in [7, 11) is 0. The topological polar surface area (TPSA) is 32.3 Å². The summed E-state index contributed by atoms with van der Waals surface area (Å²) in [6.07, 6.45) is 8.22. The fraction of sp³-hybridized carbons (Fsp3) is 0.647. The van der Waals surface area contributed by atoms with Crippen molar-refractivity contribution in [3.63, 3.8) is 0 Å². The van der Waals surface area contributed by atoms with E-state index in [1.807, 2.05) is 0 Å². The van der Waals surface area contributed by atoms with E-state index in [1.165, 1.54) is 37.7 Å². The molecule has 2 saturated carbocycles. The Bertz CT molecular complexity index is 425. The van der Waals surface area contributed by atoms with E-state index in [0.717, 1.165) is 18.5 Å². The maximum absolute atomic E-state index is 11.1. The number of rotatable bonds is 2. The fourth-order valence-electron chi connectivity index (χ4n) is 3.97. The molecule has 0 spiro atoms. The van der Waals surface area contributed by atoms with Crippen LogP contribution in [0.25, 0.3) is 0 Å². The Morgan fingerprint density at radius 2 is 1.79 bits per heavy atom. The molecule has 0 saturated heterocycles. The molecule has 3 rings (SSSR count). The maximum atomic E-state index is 11.1. The van der Waals surface area contributed by atoms with Crippen LogP contribution in [0, 0.1) is 12.8 Å². The molecule has 0 heterocycles. The largest absolute Gasteiger partial charge is 0.387 e. The number of aliphatic hydroxyl groups is 1. The smallest absolute Gasteiger partial charge is 0.0875 e. The predicted molar refractivity (Wildman–Crippen MR) is 79.3 cm³/mol. The molecule has 104 valence electrons. The zero-order chi connectivity index (χ0) is 13.3. The SMILES string of the molecule is Cc1ccc(NC2CCC[C@H]3CCCC[C@]23O)cc1. The van der Waals surface area contributed by atoms with Crippen LogP contribution in [0.4, 0.5) is 5.69 Å². The molecule has 2 N–H and O–H groups in total. The highest BCUT2D eigenvalue weighted by Crippen LogP contribution is 2.44. The summed E-state index contributed by atoms with van der Waals surface area (Å²) in [6, 6.07) is 8.76. The van der Waals surface area contributed by atoms with Gasteiger partial charge in [-0.15, -0.1) is 0 Å². The van der Waals surface area contributed by atoms with Crippen LogP contribution in [0.5, 0.6) is 0 Å². The van der Waals surface area contributed by atoms with Gasteiger partial charge < -0.3 is 10.4 Å². The van der Waals surface area contributed by atoms with Crippen molar-refractivity contribution in [1.82, 2.24) is 0 Å². The van der Waals surface area contributed by atoms with Gasteiger partial charge in [0.05, 0.1) is 11.6 Å². The molecule has 2 aliphatic carbocycles. The Labute approximate surface area is 116 Å². The molecule has 0 aromatic heterocycles. The molecule has 3 atom stereocenters. The average molecular weight is 259 g/mol. The minimum absolute atomic E-state index is 0.231. The highest BCUT2D eigenvalue weighted by atomic mass is 16.3. The molecule has 1 aromatic carbocycles. The van der Waals surface area contributed by atoms with E-state index in [4.69, 9.17) is 0 Å². The van der Waals surface area contributed by atoms with E-state index >= 15 is 0 Å². The average Bonchev–Trinajstić information content (AvgIpc) is 2.42. The second-order valence-corrected chi connectivity index (χ2v) is 6.43. The zero-order valence-electron chi connectivity index (χ0n) is 11.9. The summed E-state index contributed by atoms with van der Waals surface area (Å²) in [5, 5.41) is 14.7. The van der Waals surface area contributed by atoms with Crippen molar-refractivity contribution in [2.75, 3.05) is 5.32 Å². The third kappa shape index (κ3) is 2.51. The van der Waals surface area contributed by atoms with Gasteiger partial charge >= 0.3 is 0 Å². The molecule has 0 amide bonds. The third-order valence-corrected chi connectivity index (χ3v) is 5.13. The van der Waals surface area contributed by atoms with Gasteiger partial charge in [0.15, 0.2) is 0 Å². The number of hydrogen-bond donors (Lipinski definition) is 2. The monoisotopic (exact) mass is 259 g/mol. The Morgan fingerprint density at radius 1 is 1.05 bits per heavy atom. The molecule has 2 nitrogen and oxygen atoms in total. The Hall–Kier alpha value is -1.02. The normalized spacial score (nSPS) is 34.6. The summed E-state index contributed by atoms with van der Waals surface area (Å²) < 4.78 is 0. The molecular weight excluding hydrogens is 234 g/mol. The van der Waals surface area contributed by atoms with Gasteiger partial charge in [-0.2, -0.15) is 0 Å². The summed E-state index contributed by atoms with van der Waals surface area (Å²) in [4.78, 5) is 0. The number of fused-ring (bicyclic) bond motifs is 1. The minimum Gasteiger partial charge on any atom is -0.387 e. The van der Waals surface area contributed by atoms with Gasteiger partial charge in [0.1, 0.15) is 0 Å². The summed E-state index contributed by atoms with van der Waals surface area (Å²) >= 11 is 0. The molecule has 19 heavy (non-hydrogen) atoms. The van der Waals surface area contributed by atoms with Crippen LogP contribution in [-0.2, 0) is 0 Å². The standard InChI is InChI=1S/C17H25NO/c1-13-8-10-15(11-9-13)18-16-7-4-6-14-5-2-3-12-17(14,16)19/h8-11,14,16,18-19H,2-7,12H2,1H3/t14-,16?,17-/m1/s1. The van der Waals surface area contributed by atoms with Crippen molar-refractivity contribution in [1.29, 1.82) is 0 Å². The van der Waals surface area contributed by atoms with Crippen molar-refractivity contribution in [2.45, 2.75) is 63.5 Å². The number of benzene rings is 1. The Balaban J connectivity index is 1.77. The summed E-state index contributed by atoms with van der Waals surface area (Å²) in [6.45, 7) is 2.11. The first kappa shape index (κ1) is 13.0. The number of anilines is 1. The van der Waals surface area contributed by atoms with E-state index in [2.05, 4.69) is 36.5 Å². The third-order valence-electron chi connectivity index (χ3n) is 5.13. The van der Waals surface area contributed by atoms with E-state index in [1.54, 1.807) is 0 Å². The van der Waals surface area contributed by atoms with Crippen LogP contribution in [0.2, 0.25) is 0 Å². The van der Waals surface area contributed by atoms with Gasteiger partial charge in [0.2, 0.25) is 0 Å². The van der Waals surface area contributed by atoms with Gasteiger partial charge in [-0.05, 0) is 50.7 Å². The van der Waals surface area contributed by atoms with Crippen molar-refractivity contribution in [3.8, 4) is 0 Å². The molecule has 0 aliphatic heterocycles. The molecular formula is C17H25NO. The maximum Gasteiger partial charge on any atom is 0.0875 e. The first-order chi connectivity index (χ1) is 9.18. The van der Waals surface area contributed by atoms with Crippen LogP contribution >= 0.6 is 0 Å². The molecule has 0 radical (unpaired) electrons. The quantitative estimate of drug-likeness (QED) is 0.844. The van der Waals surface area contributed by atoms with Crippen molar-refractivity contribution < 1.29 is 5.11 Å². The van der Waals surface area contributed by atoms with Crippen molar-refractivity contribution in [3.05, 3.63) is 29.8 Å². The lowest BCUT2D eigenvalue weighted by Gasteiger charge is -2.49. The van der Waals surface area contributed by atoms with Gasteiger partial charge in [-0.25, -0.2) is 0 Å². The minimum atomic E-state index is -0.471. The van der Waals surface area contributed by atoms with E-state index in [-0.39, 0.29) is 6.04 Å². The van der Waals surface area contributed by atoms with Crippen LogP contribution in [0.15, 0.2) is 24.3 Å². The van der Waals surface area contributed by atoms with Gasteiger partial charge in [-0.3, -0.25) is 0 Å². The van der Waals surface area contributed by atoms with Gasteiger partial charge in [-0.1, -0.05) is 37.0 Å². The van der Waals surface area contributed by atoms with Crippen LogP contribution in [0.1, 0.15) is 50.5 Å². The van der Waals surface area contributed by atoms with Crippen molar-refractivity contribution in [2.24, 2.45) is 5.92 Å². The molecule has 1 unspecified atom stereocenters. The predicted octanol–water partition coefficient (Wildman–Crippen LogP) is 3.88. The molecule has 2 aliphatic rings. The van der Waals surface area contributed by atoms with Gasteiger partial charge in [0, 0.05) is 5.69 Å². The zero-order valence-corrected chi connectivity index (χ0v) is 11.9. The first-order valence-electron chi connectivity index (χ1n) is 7.74. The van der Waals surface area contributed by atoms with Crippen molar-refractivity contribution >= 4 is 5.69 Å². The van der Waals surface area contributed by atoms with Crippen LogP contribution < -0.4 is 5.32 Å². The molecule has 2 fully saturated rings. The second-order valence-electron chi connectivity index (χ2n) is 6.43. The molecule has 0 bridgehead atoms. The summed E-state index contributed by atoms with van der Waals surface area (Å²) in [5.41, 5.74) is 1.96. The Kier molecular flexibility index (Phi) is 3.53. The van der Waals surface area contributed by atoms with E-state index < -0.39 is 5.60 Å². The highest BCUT2D eigenvalue weighted by molar-refractivity contribution is 5.46.